The van der Waals surface area contributed by atoms with Crippen LogP contribution in [-0.2, 0) is 0 Å². The van der Waals surface area contributed by atoms with Crippen LogP contribution < -0.4 is 10.1 Å². The fraction of sp³-hybridized carbons (Fsp3) is 0.238. The lowest BCUT2D eigenvalue weighted by molar-refractivity contribution is 0.0891. The largest absolute Gasteiger partial charge is 0.475 e. The van der Waals surface area contributed by atoms with Crippen LogP contribution >= 0.6 is 0 Å². The van der Waals surface area contributed by atoms with Gasteiger partial charge in [-0.25, -0.2) is 0 Å². The predicted octanol–water partition coefficient (Wildman–Crippen LogP) is 4.89. The van der Waals surface area contributed by atoms with Crippen LogP contribution in [-0.4, -0.2) is 6.23 Å². The first-order chi connectivity index (χ1) is 11.2. The average molecular weight is 303 g/mol. The van der Waals surface area contributed by atoms with Gasteiger partial charge in [-0.2, -0.15) is 0 Å². The number of hydrogen-bond acceptors (Lipinski definition) is 2. The van der Waals surface area contributed by atoms with E-state index in [9.17, 15) is 0 Å². The van der Waals surface area contributed by atoms with Gasteiger partial charge in [0, 0.05) is 11.5 Å². The van der Waals surface area contributed by atoms with Crippen LogP contribution in [0.2, 0.25) is 0 Å². The first-order valence-corrected chi connectivity index (χ1v) is 8.23. The number of fused-ring (bicyclic) bond motifs is 3. The quantitative estimate of drug-likeness (QED) is 0.727. The lowest BCUT2D eigenvalue weighted by Gasteiger charge is -2.36. The van der Waals surface area contributed by atoms with E-state index in [-0.39, 0.29) is 12.3 Å². The summed E-state index contributed by atoms with van der Waals surface area (Å²) >= 11 is 0. The summed E-state index contributed by atoms with van der Waals surface area (Å²) in [7, 11) is 0. The SMILES string of the molecule is CC(C)[C@@H]1N[C@@H](c2ccccc2)c2c(ccc3ccccc23)O1. The Hall–Kier alpha value is -2.32. The summed E-state index contributed by atoms with van der Waals surface area (Å²) in [6, 6.07) is 23.6. The number of nitrogens with one attached hydrogen (secondary N) is 1. The Kier molecular flexibility index (Phi) is 3.55. The van der Waals surface area contributed by atoms with Crippen LogP contribution in [0.4, 0.5) is 0 Å². The number of rotatable bonds is 2. The van der Waals surface area contributed by atoms with E-state index < -0.39 is 0 Å². The van der Waals surface area contributed by atoms with E-state index in [1.165, 1.54) is 21.9 Å². The predicted molar refractivity (Wildman–Crippen MR) is 94.6 cm³/mol. The van der Waals surface area contributed by atoms with Gasteiger partial charge in [0.15, 0.2) is 6.23 Å². The van der Waals surface area contributed by atoms with Crippen molar-refractivity contribution in [3.8, 4) is 5.75 Å². The molecule has 0 unspecified atom stereocenters. The molecule has 2 nitrogen and oxygen atoms in total. The van der Waals surface area contributed by atoms with Gasteiger partial charge in [0.1, 0.15) is 5.75 Å². The normalized spacial score (nSPS) is 20.3. The third-order valence-electron chi connectivity index (χ3n) is 4.54. The zero-order valence-electron chi connectivity index (χ0n) is 13.5. The minimum absolute atomic E-state index is 0.0221. The van der Waals surface area contributed by atoms with Crippen molar-refractivity contribution in [2.24, 2.45) is 5.92 Å². The Balaban J connectivity index is 1.94. The van der Waals surface area contributed by atoms with Crippen molar-refractivity contribution in [1.82, 2.24) is 5.32 Å². The zero-order chi connectivity index (χ0) is 15.8. The highest BCUT2D eigenvalue weighted by Crippen LogP contribution is 2.40. The van der Waals surface area contributed by atoms with Gasteiger partial charge in [-0.15, -0.1) is 0 Å². The van der Waals surface area contributed by atoms with Crippen molar-refractivity contribution in [2.75, 3.05) is 0 Å². The first kappa shape index (κ1) is 14.3. The van der Waals surface area contributed by atoms with Crippen LogP contribution in [0.1, 0.15) is 31.0 Å². The Morgan fingerprint density at radius 3 is 2.39 bits per heavy atom. The second-order valence-electron chi connectivity index (χ2n) is 6.49. The second-order valence-corrected chi connectivity index (χ2v) is 6.49. The zero-order valence-corrected chi connectivity index (χ0v) is 13.5. The van der Waals surface area contributed by atoms with Crippen LogP contribution in [0.3, 0.4) is 0 Å². The molecular weight excluding hydrogens is 282 g/mol. The lowest BCUT2D eigenvalue weighted by atomic mass is 9.91. The molecular formula is C21H21NO. The maximum atomic E-state index is 6.24. The molecule has 4 rings (SSSR count). The van der Waals surface area contributed by atoms with E-state index in [1.54, 1.807) is 0 Å². The van der Waals surface area contributed by atoms with E-state index in [0.29, 0.717) is 5.92 Å². The maximum absolute atomic E-state index is 6.24. The van der Waals surface area contributed by atoms with Gasteiger partial charge in [-0.3, -0.25) is 5.32 Å². The molecule has 0 radical (unpaired) electrons. The molecule has 2 heteroatoms. The van der Waals surface area contributed by atoms with Crippen LogP contribution in [0.5, 0.6) is 5.75 Å². The molecule has 0 aromatic heterocycles. The molecule has 23 heavy (non-hydrogen) atoms. The van der Waals surface area contributed by atoms with Crippen molar-refractivity contribution in [3.63, 3.8) is 0 Å². The number of hydrogen-bond donors (Lipinski definition) is 1. The molecule has 3 aromatic rings. The summed E-state index contributed by atoms with van der Waals surface area (Å²) in [5.41, 5.74) is 2.52. The van der Waals surface area contributed by atoms with Crippen molar-refractivity contribution in [2.45, 2.75) is 26.1 Å². The summed E-state index contributed by atoms with van der Waals surface area (Å²) in [5.74, 6) is 1.40. The third-order valence-corrected chi connectivity index (χ3v) is 4.54. The Morgan fingerprint density at radius 2 is 1.61 bits per heavy atom. The second kappa shape index (κ2) is 5.71. The van der Waals surface area contributed by atoms with Gasteiger partial charge < -0.3 is 4.74 Å². The summed E-state index contributed by atoms with van der Waals surface area (Å²) in [6.07, 6.45) is 0.0221. The number of benzene rings is 3. The summed E-state index contributed by atoms with van der Waals surface area (Å²) in [4.78, 5) is 0. The minimum atomic E-state index is 0.0221. The molecule has 3 aromatic carbocycles. The molecule has 0 spiro atoms. The van der Waals surface area contributed by atoms with Gasteiger partial charge in [-0.05, 0) is 22.4 Å². The molecule has 2 atom stereocenters. The van der Waals surface area contributed by atoms with Gasteiger partial charge in [0.2, 0.25) is 0 Å². The molecule has 1 heterocycles. The highest BCUT2D eigenvalue weighted by molar-refractivity contribution is 5.89. The van der Waals surface area contributed by atoms with Crippen LogP contribution in [0.15, 0.2) is 66.7 Å². The number of ether oxygens (including phenoxy) is 1. The average Bonchev–Trinajstić information content (AvgIpc) is 2.61. The molecule has 1 aliphatic heterocycles. The molecule has 0 bridgehead atoms. The molecule has 0 saturated heterocycles. The fourth-order valence-electron chi connectivity index (χ4n) is 3.33. The molecule has 0 aliphatic carbocycles. The first-order valence-electron chi connectivity index (χ1n) is 8.23. The van der Waals surface area contributed by atoms with Crippen molar-refractivity contribution >= 4 is 10.8 Å². The highest BCUT2D eigenvalue weighted by atomic mass is 16.5. The third kappa shape index (κ3) is 2.49. The van der Waals surface area contributed by atoms with Crippen molar-refractivity contribution in [3.05, 3.63) is 77.9 Å². The molecule has 116 valence electrons. The Labute approximate surface area is 137 Å². The lowest BCUT2D eigenvalue weighted by Crippen LogP contribution is -2.45. The molecule has 1 N–H and O–H groups in total. The fourth-order valence-corrected chi connectivity index (χ4v) is 3.33. The monoisotopic (exact) mass is 303 g/mol. The van der Waals surface area contributed by atoms with Crippen molar-refractivity contribution < 1.29 is 4.74 Å². The summed E-state index contributed by atoms with van der Waals surface area (Å²) in [6.45, 7) is 4.37. The van der Waals surface area contributed by atoms with Crippen LogP contribution in [0, 0.1) is 5.92 Å². The van der Waals surface area contributed by atoms with E-state index in [0.717, 1.165) is 5.75 Å². The van der Waals surface area contributed by atoms with Crippen LogP contribution in [0.25, 0.3) is 10.8 Å². The molecule has 1 aliphatic rings. The summed E-state index contributed by atoms with van der Waals surface area (Å²) < 4.78 is 6.24. The smallest absolute Gasteiger partial charge is 0.153 e. The van der Waals surface area contributed by atoms with E-state index >= 15 is 0 Å². The van der Waals surface area contributed by atoms with Gasteiger partial charge in [-0.1, -0.05) is 74.5 Å². The molecule has 0 fully saturated rings. The van der Waals surface area contributed by atoms with E-state index in [2.05, 4.69) is 85.9 Å². The van der Waals surface area contributed by atoms with Gasteiger partial charge in [0.25, 0.3) is 0 Å². The summed E-state index contributed by atoms with van der Waals surface area (Å²) in [5, 5.41) is 6.20. The van der Waals surface area contributed by atoms with E-state index in [4.69, 9.17) is 4.74 Å². The topological polar surface area (TPSA) is 21.3 Å². The Morgan fingerprint density at radius 1 is 0.870 bits per heavy atom. The standard InChI is InChI=1S/C21H21NO/c1-14(2)21-22-20(16-9-4-3-5-10-16)19-17-11-7-6-8-15(17)12-13-18(19)23-21/h3-14,20-22H,1-2H3/t20-,21+/m0/s1. The minimum Gasteiger partial charge on any atom is -0.475 e. The highest BCUT2D eigenvalue weighted by Gasteiger charge is 2.31. The molecule has 0 saturated carbocycles. The maximum Gasteiger partial charge on any atom is 0.153 e. The van der Waals surface area contributed by atoms with Gasteiger partial charge >= 0.3 is 0 Å². The van der Waals surface area contributed by atoms with Crippen molar-refractivity contribution in [1.29, 1.82) is 0 Å². The Bertz CT molecular complexity index is 826. The molecule has 0 amide bonds. The van der Waals surface area contributed by atoms with E-state index in [1.807, 2.05) is 0 Å². The van der Waals surface area contributed by atoms with Gasteiger partial charge in [0.05, 0.1) is 6.04 Å².